The zero-order valence-electron chi connectivity index (χ0n) is 11.0. The average Bonchev–Trinajstić information content (AvgIpc) is 2.80. The highest BCUT2D eigenvalue weighted by atomic mass is 79.9. The molecule has 2 aromatic rings. The number of hydrogen-bond acceptors (Lipinski definition) is 2. The Labute approximate surface area is 126 Å². The fraction of sp³-hybridized carbons (Fsp3) is 0.333. The molecule has 102 valence electrons. The van der Waals surface area contributed by atoms with Crippen LogP contribution >= 0.6 is 27.3 Å². The van der Waals surface area contributed by atoms with Gasteiger partial charge < -0.3 is 5.32 Å². The topological polar surface area (TPSA) is 12.0 Å². The van der Waals surface area contributed by atoms with Gasteiger partial charge in [-0.25, -0.2) is 4.39 Å². The van der Waals surface area contributed by atoms with Crippen molar-refractivity contribution in [3.8, 4) is 0 Å². The Balaban J connectivity index is 2.42. The highest BCUT2D eigenvalue weighted by molar-refractivity contribution is 9.10. The van der Waals surface area contributed by atoms with Crippen LogP contribution in [0.3, 0.4) is 0 Å². The normalized spacial score (nSPS) is 12.6. The first-order chi connectivity index (χ1) is 9.13. The smallest absolute Gasteiger partial charge is 0.128 e. The SMILES string of the molecule is CCCNC(c1cc(Br)ccc1F)c1ccsc1C. The fourth-order valence-corrected chi connectivity index (χ4v) is 3.23. The van der Waals surface area contributed by atoms with Crippen LogP contribution in [0.1, 0.15) is 35.4 Å². The van der Waals surface area contributed by atoms with E-state index in [1.807, 2.05) is 6.07 Å². The van der Waals surface area contributed by atoms with Gasteiger partial charge in [0.25, 0.3) is 0 Å². The minimum atomic E-state index is -0.164. The number of nitrogens with one attached hydrogen (secondary N) is 1. The number of benzene rings is 1. The second kappa shape index (κ2) is 6.64. The predicted octanol–water partition coefficient (Wildman–Crippen LogP) is 5.05. The number of halogens is 2. The van der Waals surface area contributed by atoms with Crippen LogP contribution in [0.25, 0.3) is 0 Å². The number of rotatable bonds is 5. The van der Waals surface area contributed by atoms with E-state index in [1.165, 1.54) is 10.9 Å². The second-order valence-electron chi connectivity index (χ2n) is 4.49. The van der Waals surface area contributed by atoms with E-state index in [0.717, 1.165) is 23.0 Å². The van der Waals surface area contributed by atoms with E-state index >= 15 is 0 Å². The molecule has 0 aliphatic carbocycles. The van der Waals surface area contributed by atoms with Gasteiger partial charge in [0, 0.05) is 14.9 Å². The Morgan fingerprint density at radius 3 is 2.74 bits per heavy atom. The highest BCUT2D eigenvalue weighted by Crippen LogP contribution is 2.31. The standard InChI is InChI=1S/C15H17BrFNS/c1-3-7-18-15(12-6-8-19-10(12)2)13-9-11(16)4-5-14(13)17/h4-6,8-9,15,18H,3,7H2,1-2H3. The van der Waals surface area contributed by atoms with Crippen molar-refractivity contribution in [2.45, 2.75) is 26.3 Å². The molecular formula is C15H17BrFNS. The van der Waals surface area contributed by atoms with Gasteiger partial charge in [-0.15, -0.1) is 11.3 Å². The molecule has 1 N–H and O–H groups in total. The van der Waals surface area contributed by atoms with Crippen molar-refractivity contribution < 1.29 is 4.39 Å². The minimum absolute atomic E-state index is 0.0799. The van der Waals surface area contributed by atoms with E-state index in [2.05, 4.69) is 46.5 Å². The van der Waals surface area contributed by atoms with E-state index in [-0.39, 0.29) is 11.9 Å². The van der Waals surface area contributed by atoms with Crippen LogP contribution in [0.5, 0.6) is 0 Å². The molecule has 1 atom stereocenters. The quantitative estimate of drug-likeness (QED) is 0.802. The molecule has 0 spiro atoms. The van der Waals surface area contributed by atoms with Crippen LogP contribution in [0, 0.1) is 12.7 Å². The summed E-state index contributed by atoms with van der Waals surface area (Å²) < 4.78 is 15.0. The lowest BCUT2D eigenvalue weighted by Crippen LogP contribution is -2.24. The maximum absolute atomic E-state index is 14.1. The highest BCUT2D eigenvalue weighted by Gasteiger charge is 2.19. The number of hydrogen-bond donors (Lipinski definition) is 1. The van der Waals surface area contributed by atoms with Crippen molar-refractivity contribution in [2.24, 2.45) is 0 Å². The van der Waals surface area contributed by atoms with Crippen LogP contribution in [0.15, 0.2) is 34.1 Å². The van der Waals surface area contributed by atoms with Crippen molar-refractivity contribution in [3.63, 3.8) is 0 Å². The molecular weight excluding hydrogens is 325 g/mol. The summed E-state index contributed by atoms with van der Waals surface area (Å²) in [6.45, 7) is 5.06. The molecule has 0 fully saturated rings. The lowest BCUT2D eigenvalue weighted by molar-refractivity contribution is 0.546. The van der Waals surface area contributed by atoms with Gasteiger partial charge in [0.05, 0.1) is 6.04 Å². The minimum Gasteiger partial charge on any atom is -0.306 e. The summed E-state index contributed by atoms with van der Waals surface area (Å²) in [5.41, 5.74) is 1.86. The summed E-state index contributed by atoms with van der Waals surface area (Å²) in [5.74, 6) is -0.164. The number of thiophene rings is 1. The molecule has 2 rings (SSSR count). The number of aryl methyl sites for hydroxylation is 1. The Morgan fingerprint density at radius 1 is 1.32 bits per heavy atom. The predicted molar refractivity (Wildman–Crippen MR) is 83.3 cm³/mol. The van der Waals surface area contributed by atoms with Crippen molar-refractivity contribution in [1.82, 2.24) is 5.32 Å². The first-order valence-corrected chi connectivity index (χ1v) is 8.03. The van der Waals surface area contributed by atoms with Crippen molar-refractivity contribution in [1.29, 1.82) is 0 Å². The summed E-state index contributed by atoms with van der Waals surface area (Å²) >= 11 is 5.12. The van der Waals surface area contributed by atoms with Gasteiger partial charge in [0.2, 0.25) is 0 Å². The van der Waals surface area contributed by atoms with Crippen LogP contribution in [-0.4, -0.2) is 6.54 Å². The van der Waals surface area contributed by atoms with Crippen molar-refractivity contribution in [3.05, 3.63) is 55.9 Å². The maximum atomic E-state index is 14.1. The first-order valence-electron chi connectivity index (χ1n) is 6.35. The van der Waals surface area contributed by atoms with Gasteiger partial charge in [-0.3, -0.25) is 0 Å². The van der Waals surface area contributed by atoms with Gasteiger partial charge in [0.1, 0.15) is 5.82 Å². The summed E-state index contributed by atoms with van der Waals surface area (Å²) in [7, 11) is 0. The molecule has 1 heterocycles. The second-order valence-corrected chi connectivity index (χ2v) is 6.52. The third-order valence-corrected chi connectivity index (χ3v) is 4.43. The molecule has 1 aromatic heterocycles. The van der Waals surface area contributed by atoms with Gasteiger partial charge in [-0.1, -0.05) is 22.9 Å². The summed E-state index contributed by atoms with van der Waals surface area (Å²) in [6.07, 6.45) is 1.02. The Kier molecular flexibility index (Phi) is 5.13. The zero-order chi connectivity index (χ0) is 13.8. The molecule has 0 saturated heterocycles. The largest absolute Gasteiger partial charge is 0.306 e. The average molecular weight is 342 g/mol. The van der Waals surface area contributed by atoms with Crippen LogP contribution in [-0.2, 0) is 0 Å². The van der Waals surface area contributed by atoms with Crippen molar-refractivity contribution >= 4 is 27.3 Å². The van der Waals surface area contributed by atoms with Crippen LogP contribution in [0.4, 0.5) is 4.39 Å². The van der Waals surface area contributed by atoms with E-state index in [9.17, 15) is 4.39 Å². The molecule has 19 heavy (non-hydrogen) atoms. The summed E-state index contributed by atoms with van der Waals surface area (Å²) in [4.78, 5) is 1.23. The Morgan fingerprint density at radius 2 is 2.11 bits per heavy atom. The summed E-state index contributed by atoms with van der Waals surface area (Å²) in [6, 6.07) is 7.11. The Bertz CT molecular complexity index is 553. The van der Waals surface area contributed by atoms with E-state index in [4.69, 9.17) is 0 Å². The van der Waals surface area contributed by atoms with Gasteiger partial charge in [0.15, 0.2) is 0 Å². The molecule has 1 unspecified atom stereocenters. The molecule has 0 bridgehead atoms. The molecule has 0 aliphatic rings. The van der Waals surface area contributed by atoms with Gasteiger partial charge in [-0.2, -0.15) is 0 Å². The van der Waals surface area contributed by atoms with E-state index < -0.39 is 0 Å². The van der Waals surface area contributed by atoms with Crippen molar-refractivity contribution in [2.75, 3.05) is 6.54 Å². The van der Waals surface area contributed by atoms with Gasteiger partial charge in [-0.05, 0) is 55.1 Å². The first kappa shape index (κ1) is 14.7. The maximum Gasteiger partial charge on any atom is 0.128 e. The molecule has 1 aromatic carbocycles. The van der Waals surface area contributed by atoms with Gasteiger partial charge >= 0.3 is 0 Å². The Hall–Kier alpha value is -0.710. The van der Waals surface area contributed by atoms with Crippen LogP contribution in [0.2, 0.25) is 0 Å². The molecule has 0 radical (unpaired) electrons. The molecule has 0 amide bonds. The third kappa shape index (κ3) is 3.44. The molecule has 4 heteroatoms. The van der Waals surface area contributed by atoms with E-state index in [1.54, 1.807) is 17.4 Å². The lowest BCUT2D eigenvalue weighted by Gasteiger charge is -2.20. The summed E-state index contributed by atoms with van der Waals surface area (Å²) in [5, 5.41) is 5.50. The zero-order valence-corrected chi connectivity index (χ0v) is 13.4. The molecule has 0 aliphatic heterocycles. The van der Waals surface area contributed by atoms with Crippen LogP contribution < -0.4 is 5.32 Å². The molecule has 0 saturated carbocycles. The van der Waals surface area contributed by atoms with E-state index in [0.29, 0.717) is 5.56 Å². The monoisotopic (exact) mass is 341 g/mol. The third-order valence-electron chi connectivity index (χ3n) is 3.08. The lowest BCUT2D eigenvalue weighted by atomic mass is 9.99. The fourth-order valence-electron chi connectivity index (χ4n) is 2.11. The molecule has 1 nitrogen and oxygen atoms in total.